The van der Waals surface area contributed by atoms with E-state index in [1.807, 2.05) is 0 Å². The first-order valence-electron chi connectivity index (χ1n) is 3.68. The van der Waals surface area contributed by atoms with Crippen LogP contribution >= 0.6 is 0 Å². The van der Waals surface area contributed by atoms with Crippen molar-refractivity contribution in [2.45, 2.75) is 6.18 Å². The number of halogens is 3. The average molecular weight is 198 g/mol. The highest BCUT2D eigenvalue weighted by atomic mass is 19.4. The van der Waals surface area contributed by atoms with Crippen LogP contribution in [0.15, 0.2) is 30.3 Å². The van der Waals surface area contributed by atoms with Crippen LogP contribution in [0.2, 0.25) is 0 Å². The lowest BCUT2D eigenvalue weighted by molar-refractivity contribution is -0.0697. The number of carbonyl (C=O) groups is 1. The van der Waals surface area contributed by atoms with E-state index < -0.39 is 12.0 Å². The van der Waals surface area contributed by atoms with Gasteiger partial charge in [0.15, 0.2) is 0 Å². The smallest absolute Gasteiger partial charge is 0.279 e. The number of Topliss-reactive ketones (excluding diaryl/α,β-unsaturated/α-hetero) is 1. The summed E-state index contributed by atoms with van der Waals surface area (Å²) in [5, 5.41) is 0. The molecule has 0 aliphatic heterocycles. The minimum atomic E-state index is -4.62. The molecule has 0 atom stereocenters. The maximum Gasteiger partial charge on any atom is 0.458 e. The van der Waals surface area contributed by atoms with E-state index in [1.165, 1.54) is 18.1 Å². The van der Waals surface area contributed by atoms with Crippen molar-refractivity contribution in [1.29, 1.82) is 0 Å². The molecule has 0 saturated carbocycles. The van der Waals surface area contributed by atoms with E-state index in [-0.39, 0.29) is 5.56 Å². The molecule has 0 amide bonds. The number of ketones is 1. The fraction of sp³-hybridized carbons (Fsp3) is 0.100. The molecule has 0 aromatic heterocycles. The Morgan fingerprint density at radius 1 is 1.14 bits per heavy atom. The van der Waals surface area contributed by atoms with Crippen LogP contribution in [0.25, 0.3) is 0 Å². The highest BCUT2D eigenvalue weighted by Crippen LogP contribution is 2.12. The summed E-state index contributed by atoms with van der Waals surface area (Å²) in [6, 6.07) is 7.60. The molecule has 1 nitrogen and oxygen atoms in total. The third kappa shape index (κ3) is 3.31. The maximum atomic E-state index is 11.6. The molecule has 0 N–H and O–H groups in total. The molecular weight excluding hydrogens is 193 g/mol. The second-order valence-electron chi connectivity index (χ2n) is 2.44. The molecule has 0 unspecified atom stereocenters. The zero-order valence-electron chi connectivity index (χ0n) is 6.93. The Labute approximate surface area is 78.5 Å². The highest BCUT2D eigenvalue weighted by Gasteiger charge is 2.23. The Balaban J connectivity index is 2.82. The van der Waals surface area contributed by atoms with E-state index in [0.29, 0.717) is 0 Å². The van der Waals surface area contributed by atoms with Gasteiger partial charge in [0.05, 0.1) is 0 Å². The van der Waals surface area contributed by atoms with Crippen molar-refractivity contribution in [2.75, 3.05) is 0 Å². The van der Waals surface area contributed by atoms with Gasteiger partial charge in [0.25, 0.3) is 0 Å². The first kappa shape index (κ1) is 10.3. The van der Waals surface area contributed by atoms with Crippen LogP contribution in [0.5, 0.6) is 0 Å². The third-order valence-corrected chi connectivity index (χ3v) is 1.35. The predicted molar refractivity (Wildman–Crippen MR) is 44.6 cm³/mol. The van der Waals surface area contributed by atoms with Gasteiger partial charge in [0.1, 0.15) is 0 Å². The van der Waals surface area contributed by atoms with Gasteiger partial charge >= 0.3 is 6.18 Å². The summed E-state index contributed by atoms with van der Waals surface area (Å²) in [7, 11) is 0. The number of rotatable bonds is 1. The predicted octanol–water partition coefficient (Wildman–Crippen LogP) is 2.44. The van der Waals surface area contributed by atoms with Crippen LogP contribution in [0.1, 0.15) is 10.4 Å². The molecule has 0 aliphatic carbocycles. The standard InChI is InChI=1S/C10H5F3O/c11-10(12,13)7-6-9(14)8-4-2-1-3-5-8/h1-5H. The number of alkyl halides is 3. The van der Waals surface area contributed by atoms with Gasteiger partial charge in [0, 0.05) is 11.5 Å². The molecule has 0 saturated heterocycles. The Morgan fingerprint density at radius 3 is 2.21 bits per heavy atom. The molecule has 4 heteroatoms. The van der Waals surface area contributed by atoms with Crippen molar-refractivity contribution in [3.8, 4) is 11.8 Å². The molecular formula is C10H5F3O. The lowest BCUT2D eigenvalue weighted by Crippen LogP contribution is -2.04. The molecule has 0 spiro atoms. The molecule has 0 heterocycles. The van der Waals surface area contributed by atoms with Crippen LogP contribution in [0.3, 0.4) is 0 Å². The van der Waals surface area contributed by atoms with Crippen molar-refractivity contribution < 1.29 is 18.0 Å². The SMILES string of the molecule is O=C(C#CC(F)(F)F)c1ccccc1. The normalized spacial score (nSPS) is 10.2. The Hall–Kier alpha value is -1.76. The molecule has 0 radical (unpaired) electrons. The van der Waals surface area contributed by atoms with E-state index in [4.69, 9.17) is 0 Å². The lowest BCUT2D eigenvalue weighted by atomic mass is 10.1. The monoisotopic (exact) mass is 198 g/mol. The summed E-state index contributed by atoms with van der Waals surface area (Å²) in [6.07, 6.45) is -4.62. The topological polar surface area (TPSA) is 17.1 Å². The van der Waals surface area contributed by atoms with E-state index in [0.717, 1.165) is 5.92 Å². The van der Waals surface area contributed by atoms with Gasteiger partial charge in [-0.3, -0.25) is 4.79 Å². The molecule has 0 fully saturated rings. The number of hydrogen-bond acceptors (Lipinski definition) is 1. The lowest BCUT2D eigenvalue weighted by Gasteiger charge is -1.93. The van der Waals surface area contributed by atoms with Crippen molar-refractivity contribution in [3.05, 3.63) is 35.9 Å². The molecule has 1 aromatic rings. The highest BCUT2D eigenvalue weighted by molar-refractivity contribution is 6.09. The molecule has 1 aromatic carbocycles. The van der Waals surface area contributed by atoms with E-state index in [1.54, 1.807) is 18.2 Å². The Morgan fingerprint density at radius 2 is 1.71 bits per heavy atom. The van der Waals surface area contributed by atoms with Gasteiger partial charge in [-0.05, 0) is 5.92 Å². The Kier molecular flexibility index (Phi) is 2.92. The molecule has 1 rings (SSSR count). The van der Waals surface area contributed by atoms with Crippen LogP contribution in [-0.4, -0.2) is 12.0 Å². The first-order valence-corrected chi connectivity index (χ1v) is 3.68. The van der Waals surface area contributed by atoms with Crippen LogP contribution in [-0.2, 0) is 0 Å². The van der Waals surface area contributed by atoms with Gasteiger partial charge in [-0.1, -0.05) is 30.3 Å². The van der Waals surface area contributed by atoms with Gasteiger partial charge < -0.3 is 0 Å². The summed E-state index contributed by atoms with van der Waals surface area (Å²) in [5.74, 6) is 1.61. The summed E-state index contributed by atoms with van der Waals surface area (Å²) in [4.78, 5) is 11.0. The summed E-state index contributed by atoms with van der Waals surface area (Å²) in [6.45, 7) is 0. The van der Waals surface area contributed by atoms with Gasteiger partial charge in [-0.2, -0.15) is 13.2 Å². The van der Waals surface area contributed by atoms with Gasteiger partial charge in [0.2, 0.25) is 5.78 Å². The van der Waals surface area contributed by atoms with Gasteiger partial charge in [-0.15, -0.1) is 0 Å². The second kappa shape index (κ2) is 3.97. The van der Waals surface area contributed by atoms with E-state index in [2.05, 4.69) is 0 Å². The van der Waals surface area contributed by atoms with Crippen molar-refractivity contribution in [2.24, 2.45) is 0 Å². The Bertz CT molecular complexity index is 381. The number of benzene rings is 1. The average Bonchev–Trinajstić information content (AvgIpc) is 2.14. The summed E-state index contributed by atoms with van der Waals surface area (Å²) < 4.78 is 34.8. The largest absolute Gasteiger partial charge is 0.458 e. The van der Waals surface area contributed by atoms with Crippen molar-refractivity contribution in [3.63, 3.8) is 0 Å². The quantitative estimate of drug-likeness (QED) is 0.385. The minimum Gasteiger partial charge on any atom is -0.279 e. The number of hydrogen-bond donors (Lipinski definition) is 0. The molecule has 72 valence electrons. The van der Waals surface area contributed by atoms with Crippen LogP contribution in [0.4, 0.5) is 13.2 Å². The number of carbonyl (C=O) groups excluding carboxylic acids is 1. The molecule has 0 bridgehead atoms. The fourth-order valence-electron chi connectivity index (χ4n) is 0.789. The maximum absolute atomic E-state index is 11.6. The molecule has 0 aliphatic rings. The third-order valence-electron chi connectivity index (χ3n) is 1.35. The first-order chi connectivity index (χ1) is 6.49. The second-order valence-corrected chi connectivity index (χ2v) is 2.44. The van der Waals surface area contributed by atoms with E-state index in [9.17, 15) is 18.0 Å². The molecule has 14 heavy (non-hydrogen) atoms. The van der Waals surface area contributed by atoms with E-state index >= 15 is 0 Å². The zero-order chi connectivity index (χ0) is 10.6. The fourth-order valence-corrected chi connectivity index (χ4v) is 0.789. The minimum absolute atomic E-state index is 0.157. The van der Waals surface area contributed by atoms with Crippen molar-refractivity contribution >= 4 is 5.78 Å². The summed E-state index contributed by atoms with van der Waals surface area (Å²) >= 11 is 0. The van der Waals surface area contributed by atoms with Crippen molar-refractivity contribution in [1.82, 2.24) is 0 Å². The zero-order valence-corrected chi connectivity index (χ0v) is 6.93. The summed E-state index contributed by atoms with van der Waals surface area (Å²) in [5.41, 5.74) is 0.157. The van der Waals surface area contributed by atoms with Crippen LogP contribution < -0.4 is 0 Å². The van der Waals surface area contributed by atoms with Gasteiger partial charge in [-0.25, -0.2) is 0 Å². The van der Waals surface area contributed by atoms with Crippen LogP contribution in [0, 0.1) is 11.8 Å².